The molecular formula is C22H17Cl3FN5O3. The summed E-state index contributed by atoms with van der Waals surface area (Å²) in [5, 5.41) is 7.36. The molecule has 2 aromatic carbocycles. The maximum atomic E-state index is 15.1. The van der Waals surface area contributed by atoms with Gasteiger partial charge in [0.1, 0.15) is 11.4 Å². The van der Waals surface area contributed by atoms with Gasteiger partial charge in [-0.3, -0.25) is 10.1 Å². The number of piperidine rings is 1. The van der Waals surface area contributed by atoms with Gasteiger partial charge in [0.2, 0.25) is 0 Å². The Hall–Kier alpha value is -3.01. The fourth-order valence-corrected chi connectivity index (χ4v) is 5.13. The zero-order valence-corrected chi connectivity index (χ0v) is 19.7. The van der Waals surface area contributed by atoms with E-state index >= 15 is 4.39 Å². The highest BCUT2D eigenvalue weighted by Gasteiger charge is 2.48. The molecule has 1 aromatic heterocycles. The number of nitrogens with two attached hydrogens (primary N) is 1. The molecule has 0 aliphatic carbocycles. The highest BCUT2D eigenvalue weighted by Crippen LogP contribution is 2.45. The van der Waals surface area contributed by atoms with Gasteiger partial charge in [0.05, 0.1) is 39.7 Å². The van der Waals surface area contributed by atoms with E-state index in [-0.39, 0.29) is 34.2 Å². The third kappa shape index (κ3) is 3.64. The molecule has 5 rings (SSSR count). The molecule has 2 aliphatic rings. The van der Waals surface area contributed by atoms with Crippen molar-refractivity contribution in [3.05, 3.63) is 68.5 Å². The third-order valence-corrected chi connectivity index (χ3v) is 6.82. The van der Waals surface area contributed by atoms with Crippen LogP contribution in [-0.2, 0) is 10.3 Å². The van der Waals surface area contributed by atoms with Crippen molar-refractivity contribution in [2.75, 3.05) is 24.1 Å². The van der Waals surface area contributed by atoms with Gasteiger partial charge in [0.15, 0.2) is 11.4 Å². The lowest BCUT2D eigenvalue weighted by atomic mass is 9.83. The van der Waals surface area contributed by atoms with Crippen molar-refractivity contribution in [1.82, 2.24) is 14.7 Å². The number of fused-ring (bicyclic) bond motifs is 2. The smallest absolute Gasteiger partial charge is 0.412 e. The molecule has 1 atom stereocenters. The van der Waals surface area contributed by atoms with E-state index in [1.807, 2.05) is 0 Å². The van der Waals surface area contributed by atoms with Crippen molar-refractivity contribution in [2.45, 2.75) is 18.4 Å². The number of nitrogens with one attached hydrogen (secondary N) is 1. The second-order valence-electron chi connectivity index (χ2n) is 8.07. The maximum absolute atomic E-state index is 15.1. The van der Waals surface area contributed by atoms with Gasteiger partial charge in [-0.05, 0) is 43.2 Å². The molecule has 0 unspecified atom stereocenters. The molecule has 176 valence electrons. The minimum atomic E-state index is -1.38. The summed E-state index contributed by atoms with van der Waals surface area (Å²) in [7, 11) is 0. The van der Waals surface area contributed by atoms with Gasteiger partial charge < -0.3 is 15.4 Å². The number of benzene rings is 2. The van der Waals surface area contributed by atoms with E-state index in [2.05, 4.69) is 10.4 Å². The van der Waals surface area contributed by atoms with E-state index in [9.17, 15) is 9.59 Å². The van der Waals surface area contributed by atoms with Crippen molar-refractivity contribution in [3.8, 4) is 5.69 Å². The highest BCUT2D eigenvalue weighted by molar-refractivity contribution is 6.35. The molecule has 3 N–H and O–H groups in total. The number of nitrogen functional groups attached to an aromatic ring is 1. The van der Waals surface area contributed by atoms with Gasteiger partial charge in [-0.2, -0.15) is 5.10 Å². The Morgan fingerprint density at radius 3 is 2.76 bits per heavy atom. The van der Waals surface area contributed by atoms with E-state index in [1.54, 1.807) is 12.1 Å². The fourth-order valence-electron chi connectivity index (χ4n) is 4.48. The van der Waals surface area contributed by atoms with E-state index < -0.39 is 23.4 Å². The van der Waals surface area contributed by atoms with Crippen LogP contribution in [0.15, 0.2) is 36.5 Å². The molecule has 1 spiro atoms. The number of aromatic nitrogens is 2. The molecule has 2 amide bonds. The van der Waals surface area contributed by atoms with Gasteiger partial charge in [-0.1, -0.05) is 34.8 Å². The zero-order valence-electron chi connectivity index (χ0n) is 17.4. The van der Waals surface area contributed by atoms with Crippen molar-refractivity contribution in [2.24, 2.45) is 0 Å². The Kier molecular flexibility index (Phi) is 5.58. The van der Waals surface area contributed by atoms with Crippen molar-refractivity contribution >= 4 is 58.3 Å². The molecule has 3 heterocycles. The van der Waals surface area contributed by atoms with Crippen LogP contribution in [0.2, 0.25) is 15.1 Å². The van der Waals surface area contributed by atoms with E-state index in [1.165, 1.54) is 34.0 Å². The molecule has 2 aliphatic heterocycles. The lowest BCUT2D eigenvalue weighted by molar-refractivity contribution is -0.0418. The topological polar surface area (TPSA) is 102 Å². The van der Waals surface area contributed by atoms with Crippen LogP contribution in [-0.4, -0.2) is 39.8 Å². The summed E-state index contributed by atoms with van der Waals surface area (Å²) in [4.78, 5) is 27.2. The van der Waals surface area contributed by atoms with Crippen molar-refractivity contribution in [3.63, 3.8) is 0 Å². The van der Waals surface area contributed by atoms with Crippen molar-refractivity contribution in [1.29, 1.82) is 0 Å². The molecule has 3 aromatic rings. The Morgan fingerprint density at radius 2 is 2.00 bits per heavy atom. The number of likely N-dealkylation sites (tertiary alicyclic amines) is 1. The number of hydrogen-bond acceptors (Lipinski definition) is 5. The predicted molar refractivity (Wildman–Crippen MR) is 126 cm³/mol. The normalized spacial score (nSPS) is 19.5. The number of halogens is 4. The van der Waals surface area contributed by atoms with Crippen LogP contribution in [0.5, 0.6) is 0 Å². The number of ether oxygens (including phenoxy) is 1. The van der Waals surface area contributed by atoms with Crippen LogP contribution in [0, 0.1) is 5.82 Å². The van der Waals surface area contributed by atoms with Crippen LogP contribution in [0.1, 0.15) is 28.8 Å². The molecule has 12 heteroatoms. The number of carbonyl (C=O) groups excluding carboxylic acids is 2. The lowest BCUT2D eigenvalue weighted by Gasteiger charge is -2.45. The standard InChI is InChI=1S/C22H17Cl3FN5O3/c23-11-2-5-16(14(25)8-11)31-19(27)12(9-28-31)20(32)30-7-1-6-22(10-30)17-15(29-21(33)34-22)4-3-13(24)18(17)26/h2-5,8-9H,1,6-7,10,27H2,(H,29,33)/t22-/m0/s1. The minimum absolute atomic E-state index is 0.0736. The van der Waals surface area contributed by atoms with Crippen LogP contribution in [0.4, 0.5) is 20.7 Å². The second kappa shape index (κ2) is 8.33. The first-order valence-corrected chi connectivity index (χ1v) is 11.4. The number of anilines is 2. The van der Waals surface area contributed by atoms with Gasteiger partial charge in [0.25, 0.3) is 5.91 Å². The summed E-state index contributed by atoms with van der Waals surface area (Å²) in [6.45, 7) is 0.283. The molecule has 0 saturated carbocycles. The Morgan fingerprint density at radius 1 is 1.21 bits per heavy atom. The monoisotopic (exact) mass is 523 g/mol. The summed E-state index contributed by atoms with van der Waals surface area (Å²) < 4.78 is 22.0. The van der Waals surface area contributed by atoms with Crippen LogP contribution >= 0.6 is 34.8 Å². The molecule has 1 fully saturated rings. The first-order valence-electron chi connectivity index (χ1n) is 10.3. The van der Waals surface area contributed by atoms with Crippen LogP contribution < -0.4 is 11.1 Å². The predicted octanol–water partition coefficient (Wildman–Crippen LogP) is 5.25. The second-order valence-corrected chi connectivity index (χ2v) is 9.32. The van der Waals surface area contributed by atoms with Crippen molar-refractivity contribution < 1.29 is 18.7 Å². The molecule has 0 bridgehead atoms. The molecule has 8 nitrogen and oxygen atoms in total. The van der Waals surface area contributed by atoms with E-state index in [4.69, 9.17) is 45.3 Å². The first-order chi connectivity index (χ1) is 16.2. The van der Waals surface area contributed by atoms with Gasteiger partial charge in [0, 0.05) is 11.6 Å². The average Bonchev–Trinajstić information content (AvgIpc) is 3.16. The van der Waals surface area contributed by atoms with Crippen LogP contribution in [0.25, 0.3) is 5.69 Å². The summed E-state index contributed by atoms with van der Waals surface area (Å²) in [5.74, 6) is -1.06. The Labute approximate surface area is 208 Å². The molecule has 1 saturated heterocycles. The molecule has 0 radical (unpaired) electrons. The van der Waals surface area contributed by atoms with Gasteiger partial charge in [-0.25, -0.2) is 13.9 Å². The van der Waals surface area contributed by atoms with Crippen LogP contribution in [0.3, 0.4) is 0 Å². The van der Waals surface area contributed by atoms with Gasteiger partial charge in [-0.15, -0.1) is 0 Å². The van der Waals surface area contributed by atoms with E-state index in [0.717, 1.165) is 0 Å². The Bertz CT molecular complexity index is 1350. The number of amides is 2. The zero-order chi connectivity index (χ0) is 24.2. The number of nitrogens with zero attached hydrogens (tertiary/aromatic N) is 3. The quantitative estimate of drug-likeness (QED) is 0.477. The largest absolute Gasteiger partial charge is 0.436 e. The molecule has 34 heavy (non-hydrogen) atoms. The fraction of sp³-hybridized carbons (Fsp3) is 0.227. The summed E-state index contributed by atoms with van der Waals surface area (Å²) >= 11 is 18.2. The number of carbonyl (C=O) groups is 2. The highest BCUT2D eigenvalue weighted by atomic mass is 35.5. The minimum Gasteiger partial charge on any atom is -0.436 e. The molecular weight excluding hydrogens is 508 g/mol. The average molecular weight is 525 g/mol. The number of hydrogen-bond donors (Lipinski definition) is 2. The summed E-state index contributed by atoms with van der Waals surface area (Å²) in [6, 6.07) is 7.68. The maximum Gasteiger partial charge on any atom is 0.412 e. The SMILES string of the molecule is Nc1c(C(=O)N2CCC[C@@]3(C2)OC(=O)Nc2ccc(Cl)c(F)c23)cnn1-c1ccc(Cl)cc1Cl. The van der Waals surface area contributed by atoms with E-state index in [0.29, 0.717) is 35.1 Å². The number of rotatable bonds is 2. The summed E-state index contributed by atoms with van der Waals surface area (Å²) in [6.07, 6.45) is 1.39. The Balaban J connectivity index is 1.49. The van der Waals surface area contributed by atoms with Gasteiger partial charge >= 0.3 is 6.09 Å². The lowest BCUT2D eigenvalue weighted by Crippen LogP contribution is -2.53. The summed E-state index contributed by atoms with van der Waals surface area (Å²) in [5.41, 5.74) is 5.84. The first kappa shape index (κ1) is 22.8. The third-order valence-electron chi connectivity index (χ3n) is 5.99.